The normalized spacial score (nSPS) is 13.9. The van der Waals surface area contributed by atoms with Gasteiger partial charge in [-0.15, -0.1) is 24.8 Å². The molecule has 0 spiro atoms. The molecule has 29 heavy (non-hydrogen) atoms. The fourth-order valence-corrected chi connectivity index (χ4v) is 3.43. The number of nitrogens with zero attached hydrogens (tertiary/aromatic N) is 2. The number of nitrogen functional groups attached to an aromatic ring is 1. The molecular weight excluding hydrogens is 416 g/mol. The van der Waals surface area contributed by atoms with Crippen molar-refractivity contribution in [1.82, 2.24) is 9.80 Å². The maximum atomic E-state index is 13.5. The van der Waals surface area contributed by atoms with Gasteiger partial charge < -0.3 is 15.4 Å². The number of para-hydroxylation sites is 1. The van der Waals surface area contributed by atoms with Crippen molar-refractivity contribution < 1.29 is 13.9 Å². The first kappa shape index (κ1) is 25.0. The minimum Gasteiger partial charge on any atom is -0.496 e. The molecule has 2 aromatic rings. The molecule has 8 heteroatoms. The highest BCUT2D eigenvalue weighted by Gasteiger charge is 2.22. The van der Waals surface area contributed by atoms with Crippen LogP contribution in [0.15, 0.2) is 42.5 Å². The molecule has 0 aliphatic carbocycles. The zero-order valence-corrected chi connectivity index (χ0v) is 18.1. The van der Waals surface area contributed by atoms with Crippen molar-refractivity contribution in [2.24, 2.45) is 0 Å². The van der Waals surface area contributed by atoms with Crippen LogP contribution in [0, 0.1) is 5.82 Å². The molecule has 1 saturated heterocycles. The van der Waals surface area contributed by atoms with E-state index in [1.54, 1.807) is 13.2 Å². The van der Waals surface area contributed by atoms with Gasteiger partial charge in [-0.2, -0.15) is 0 Å². The predicted octanol–water partition coefficient (Wildman–Crippen LogP) is 3.54. The number of ether oxygens (including phenoxy) is 1. The molecule has 0 bridgehead atoms. The van der Waals surface area contributed by atoms with Gasteiger partial charge in [0.15, 0.2) is 0 Å². The summed E-state index contributed by atoms with van der Waals surface area (Å²) < 4.78 is 18.8. The largest absolute Gasteiger partial charge is 0.496 e. The highest BCUT2D eigenvalue weighted by molar-refractivity contribution is 5.85. The van der Waals surface area contributed by atoms with E-state index in [1.807, 2.05) is 29.2 Å². The maximum absolute atomic E-state index is 13.5. The van der Waals surface area contributed by atoms with Gasteiger partial charge in [0, 0.05) is 50.4 Å². The van der Waals surface area contributed by atoms with Gasteiger partial charge in [0.1, 0.15) is 11.6 Å². The van der Waals surface area contributed by atoms with Crippen molar-refractivity contribution in [2.45, 2.75) is 19.4 Å². The highest BCUT2D eigenvalue weighted by Crippen LogP contribution is 2.22. The minimum absolute atomic E-state index is 0. The first-order valence-corrected chi connectivity index (χ1v) is 9.22. The van der Waals surface area contributed by atoms with Gasteiger partial charge in [-0.05, 0) is 36.2 Å². The number of hydrogen-bond acceptors (Lipinski definition) is 4. The quantitative estimate of drug-likeness (QED) is 0.693. The van der Waals surface area contributed by atoms with E-state index in [4.69, 9.17) is 10.5 Å². The summed E-state index contributed by atoms with van der Waals surface area (Å²) >= 11 is 0. The number of methoxy groups -OCH3 is 1. The number of piperazine rings is 1. The van der Waals surface area contributed by atoms with Crippen LogP contribution in [0.2, 0.25) is 0 Å². The number of anilines is 1. The lowest BCUT2D eigenvalue weighted by molar-refractivity contribution is -0.133. The van der Waals surface area contributed by atoms with Crippen molar-refractivity contribution in [3.05, 3.63) is 59.4 Å². The Morgan fingerprint density at radius 1 is 1.07 bits per heavy atom. The standard InChI is InChI=1S/C21H26FN3O2.2ClH/c1-27-20-8-7-18(22)14-17(20)15-24-10-12-25(13-11-24)21(26)9-6-16-4-2-3-5-19(16)23;;/h2-5,7-8,14H,6,9-13,15,23H2,1H3;2*1H. The lowest BCUT2D eigenvalue weighted by Gasteiger charge is -2.35. The van der Waals surface area contributed by atoms with Gasteiger partial charge in [0.25, 0.3) is 0 Å². The van der Waals surface area contributed by atoms with Crippen molar-refractivity contribution in [3.8, 4) is 5.75 Å². The second-order valence-corrected chi connectivity index (χ2v) is 6.81. The topological polar surface area (TPSA) is 58.8 Å². The number of carbonyl (C=O) groups is 1. The Bertz CT molecular complexity index is 799. The van der Waals surface area contributed by atoms with Crippen LogP contribution in [0.3, 0.4) is 0 Å². The first-order chi connectivity index (χ1) is 13.1. The van der Waals surface area contributed by atoms with Crippen LogP contribution in [0.4, 0.5) is 10.1 Å². The Kier molecular flexibility index (Phi) is 10.2. The molecule has 1 fully saturated rings. The van der Waals surface area contributed by atoms with E-state index in [0.717, 1.165) is 29.9 Å². The fraction of sp³-hybridized carbons (Fsp3) is 0.381. The lowest BCUT2D eigenvalue weighted by atomic mass is 10.1. The van der Waals surface area contributed by atoms with E-state index >= 15 is 0 Å². The summed E-state index contributed by atoms with van der Waals surface area (Å²) in [5.41, 5.74) is 8.52. The molecule has 3 rings (SSSR count). The number of amides is 1. The second kappa shape index (κ2) is 11.9. The Morgan fingerprint density at radius 2 is 1.76 bits per heavy atom. The zero-order valence-electron chi connectivity index (χ0n) is 16.5. The molecule has 0 radical (unpaired) electrons. The Labute approximate surface area is 183 Å². The average molecular weight is 444 g/mol. The maximum Gasteiger partial charge on any atom is 0.222 e. The monoisotopic (exact) mass is 443 g/mol. The van der Waals surface area contributed by atoms with Crippen molar-refractivity contribution in [2.75, 3.05) is 39.0 Å². The first-order valence-electron chi connectivity index (χ1n) is 9.22. The Morgan fingerprint density at radius 3 is 2.41 bits per heavy atom. The summed E-state index contributed by atoms with van der Waals surface area (Å²) in [6.07, 6.45) is 1.12. The molecule has 0 aromatic heterocycles. The Hall–Kier alpha value is -2.02. The third-order valence-corrected chi connectivity index (χ3v) is 5.02. The van der Waals surface area contributed by atoms with Crippen LogP contribution in [0.25, 0.3) is 0 Å². The van der Waals surface area contributed by atoms with Crippen LogP contribution in [0.1, 0.15) is 17.5 Å². The summed E-state index contributed by atoms with van der Waals surface area (Å²) in [4.78, 5) is 16.6. The molecule has 0 atom stereocenters. The summed E-state index contributed by atoms with van der Waals surface area (Å²) in [6.45, 7) is 3.50. The van der Waals surface area contributed by atoms with Crippen LogP contribution in [-0.4, -0.2) is 49.0 Å². The van der Waals surface area contributed by atoms with E-state index in [2.05, 4.69) is 4.90 Å². The third-order valence-electron chi connectivity index (χ3n) is 5.02. The van der Waals surface area contributed by atoms with Crippen LogP contribution >= 0.6 is 24.8 Å². The van der Waals surface area contributed by atoms with E-state index in [0.29, 0.717) is 38.2 Å². The van der Waals surface area contributed by atoms with Crippen molar-refractivity contribution in [3.63, 3.8) is 0 Å². The lowest BCUT2D eigenvalue weighted by Crippen LogP contribution is -2.48. The molecule has 160 valence electrons. The number of hydrogen-bond donors (Lipinski definition) is 1. The zero-order chi connectivity index (χ0) is 19.2. The number of benzene rings is 2. The predicted molar refractivity (Wildman–Crippen MR) is 118 cm³/mol. The number of carbonyl (C=O) groups excluding carboxylic acids is 1. The second-order valence-electron chi connectivity index (χ2n) is 6.81. The van der Waals surface area contributed by atoms with Gasteiger partial charge in [-0.25, -0.2) is 4.39 Å². The van der Waals surface area contributed by atoms with Gasteiger partial charge in [0.05, 0.1) is 7.11 Å². The molecule has 2 aromatic carbocycles. The number of aryl methyl sites for hydroxylation is 1. The molecule has 1 amide bonds. The van der Waals surface area contributed by atoms with Crippen LogP contribution < -0.4 is 10.5 Å². The SMILES string of the molecule is COc1ccc(F)cc1CN1CCN(C(=O)CCc2ccccc2N)CC1.Cl.Cl. The van der Waals surface area contributed by atoms with E-state index in [1.165, 1.54) is 12.1 Å². The molecular formula is C21H28Cl2FN3O2. The fourth-order valence-electron chi connectivity index (χ4n) is 3.43. The molecule has 1 heterocycles. The molecule has 0 saturated carbocycles. The molecule has 5 nitrogen and oxygen atoms in total. The minimum atomic E-state index is -0.264. The van der Waals surface area contributed by atoms with E-state index < -0.39 is 0 Å². The summed E-state index contributed by atoms with van der Waals surface area (Å²) in [5, 5.41) is 0. The van der Waals surface area contributed by atoms with Gasteiger partial charge in [0.2, 0.25) is 5.91 Å². The highest BCUT2D eigenvalue weighted by atomic mass is 35.5. The third kappa shape index (κ3) is 6.77. The summed E-state index contributed by atoms with van der Waals surface area (Å²) in [5.74, 6) is 0.580. The number of halogens is 3. The summed E-state index contributed by atoms with van der Waals surface area (Å²) in [6, 6.07) is 12.2. The summed E-state index contributed by atoms with van der Waals surface area (Å²) in [7, 11) is 1.59. The van der Waals surface area contributed by atoms with E-state index in [9.17, 15) is 9.18 Å². The Balaban J connectivity index is 0.00000210. The average Bonchev–Trinajstić information content (AvgIpc) is 2.68. The number of rotatable bonds is 6. The van der Waals surface area contributed by atoms with Gasteiger partial charge in [-0.1, -0.05) is 18.2 Å². The van der Waals surface area contributed by atoms with Gasteiger partial charge in [-0.3, -0.25) is 9.69 Å². The van der Waals surface area contributed by atoms with Crippen LogP contribution in [-0.2, 0) is 17.8 Å². The van der Waals surface area contributed by atoms with Crippen molar-refractivity contribution in [1.29, 1.82) is 0 Å². The molecule has 1 aliphatic rings. The van der Waals surface area contributed by atoms with Crippen molar-refractivity contribution >= 4 is 36.4 Å². The van der Waals surface area contributed by atoms with Gasteiger partial charge >= 0.3 is 0 Å². The van der Waals surface area contributed by atoms with E-state index in [-0.39, 0.29) is 36.5 Å². The number of nitrogens with two attached hydrogens (primary N) is 1. The molecule has 1 aliphatic heterocycles. The molecule has 0 unspecified atom stereocenters. The molecule has 2 N–H and O–H groups in total. The smallest absolute Gasteiger partial charge is 0.222 e. The van der Waals surface area contributed by atoms with Crippen LogP contribution in [0.5, 0.6) is 5.75 Å².